The van der Waals surface area contributed by atoms with E-state index in [1.807, 2.05) is 4.90 Å². The lowest BCUT2D eigenvalue weighted by Crippen LogP contribution is -2.50. The van der Waals surface area contributed by atoms with E-state index in [4.69, 9.17) is 4.74 Å². The predicted octanol–water partition coefficient (Wildman–Crippen LogP) is 3.72. The molecule has 1 aromatic heterocycles. The van der Waals surface area contributed by atoms with Crippen LogP contribution in [-0.4, -0.2) is 59.1 Å². The Labute approximate surface area is 164 Å². The molecule has 1 saturated heterocycles. The minimum atomic E-state index is -5.01. The molecule has 0 radical (unpaired) electrons. The maximum atomic E-state index is 14.5. The first kappa shape index (κ1) is 20.9. The normalized spacial score (nSPS) is 15.6. The minimum absolute atomic E-state index is 0.255. The maximum absolute atomic E-state index is 14.5. The van der Waals surface area contributed by atoms with Gasteiger partial charge in [-0.1, -0.05) is 0 Å². The fourth-order valence-electron chi connectivity index (χ4n) is 2.95. The van der Waals surface area contributed by atoms with Crippen molar-refractivity contribution in [3.05, 3.63) is 24.3 Å². The Morgan fingerprint density at radius 2 is 1.72 bits per heavy atom. The van der Waals surface area contributed by atoms with Gasteiger partial charge in [0.2, 0.25) is 0 Å². The van der Waals surface area contributed by atoms with Crippen LogP contribution in [0.15, 0.2) is 18.5 Å². The molecule has 0 spiro atoms. The van der Waals surface area contributed by atoms with Gasteiger partial charge in [-0.05, 0) is 32.9 Å². The highest BCUT2D eigenvalue weighted by Crippen LogP contribution is 2.33. The van der Waals surface area contributed by atoms with Crippen molar-refractivity contribution in [1.29, 1.82) is 0 Å². The lowest BCUT2D eigenvalue weighted by atomic mass is 10.2. The number of rotatable bonds is 2. The van der Waals surface area contributed by atoms with Gasteiger partial charge in [-0.15, -0.1) is 13.2 Å². The molecular weight excluding hydrogens is 396 g/mol. The van der Waals surface area contributed by atoms with Crippen molar-refractivity contribution < 1.29 is 31.8 Å². The zero-order valence-electron chi connectivity index (χ0n) is 16.1. The minimum Gasteiger partial charge on any atom is -0.444 e. The standard InChI is InChI=1S/C18H20F4N4O3/c1-17(2,3)29-16(27)26-8-6-25(7-9-26)15-11-4-5-12(28-18(20,21)22)13(19)14(11)23-10-24-15/h4-5,10H,6-9H2,1-3H3. The lowest BCUT2D eigenvalue weighted by molar-refractivity contribution is -0.275. The molecule has 1 fully saturated rings. The van der Waals surface area contributed by atoms with Gasteiger partial charge < -0.3 is 19.3 Å². The van der Waals surface area contributed by atoms with Gasteiger partial charge in [0.1, 0.15) is 23.3 Å². The second kappa shape index (κ2) is 7.53. The molecule has 1 aliphatic rings. The van der Waals surface area contributed by atoms with Crippen molar-refractivity contribution in [3.8, 4) is 5.75 Å². The van der Waals surface area contributed by atoms with E-state index < -0.39 is 29.6 Å². The quantitative estimate of drug-likeness (QED) is 0.695. The Morgan fingerprint density at radius 1 is 1.07 bits per heavy atom. The third-order valence-corrected chi connectivity index (χ3v) is 4.15. The summed E-state index contributed by atoms with van der Waals surface area (Å²) >= 11 is 0. The fraction of sp³-hybridized carbons (Fsp3) is 0.500. The molecule has 1 aliphatic heterocycles. The largest absolute Gasteiger partial charge is 0.573 e. The Kier molecular flexibility index (Phi) is 5.42. The molecule has 1 amide bonds. The maximum Gasteiger partial charge on any atom is 0.573 e. The Morgan fingerprint density at radius 3 is 2.31 bits per heavy atom. The number of alkyl halides is 3. The summed E-state index contributed by atoms with van der Waals surface area (Å²) in [5, 5.41) is 0.255. The van der Waals surface area contributed by atoms with Crippen LogP contribution in [0.1, 0.15) is 20.8 Å². The van der Waals surface area contributed by atoms with E-state index in [1.165, 1.54) is 6.07 Å². The van der Waals surface area contributed by atoms with Crippen LogP contribution in [0.4, 0.5) is 28.2 Å². The molecule has 0 N–H and O–H groups in total. The Hall–Kier alpha value is -2.85. The molecule has 7 nitrogen and oxygen atoms in total. The second-order valence-corrected chi connectivity index (χ2v) is 7.47. The van der Waals surface area contributed by atoms with Crippen molar-refractivity contribution in [2.75, 3.05) is 31.1 Å². The van der Waals surface area contributed by atoms with E-state index in [0.29, 0.717) is 32.0 Å². The van der Waals surface area contributed by atoms with Crippen molar-refractivity contribution in [2.45, 2.75) is 32.7 Å². The summed E-state index contributed by atoms with van der Waals surface area (Å²) in [5.41, 5.74) is -0.878. The van der Waals surface area contributed by atoms with E-state index in [2.05, 4.69) is 14.7 Å². The summed E-state index contributed by atoms with van der Waals surface area (Å²) in [5.74, 6) is -1.79. The number of carbonyl (C=O) groups is 1. The van der Waals surface area contributed by atoms with Crippen LogP contribution in [0.3, 0.4) is 0 Å². The van der Waals surface area contributed by atoms with Crippen LogP contribution in [-0.2, 0) is 4.74 Å². The molecule has 158 valence electrons. The van der Waals surface area contributed by atoms with Gasteiger partial charge in [-0.2, -0.15) is 0 Å². The molecule has 2 heterocycles. The van der Waals surface area contributed by atoms with Crippen LogP contribution in [0.25, 0.3) is 10.9 Å². The summed E-state index contributed by atoms with van der Waals surface area (Å²) in [6.07, 6.45) is -4.36. The van der Waals surface area contributed by atoms with Gasteiger partial charge in [-0.3, -0.25) is 0 Å². The smallest absolute Gasteiger partial charge is 0.444 e. The summed E-state index contributed by atoms with van der Waals surface area (Å²) in [4.78, 5) is 23.5. The average Bonchev–Trinajstić information content (AvgIpc) is 2.61. The Bertz CT molecular complexity index is 906. The van der Waals surface area contributed by atoms with Gasteiger partial charge in [0.15, 0.2) is 11.6 Å². The molecule has 0 unspecified atom stereocenters. The van der Waals surface area contributed by atoms with Crippen LogP contribution in [0.2, 0.25) is 0 Å². The molecule has 0 atom stereocenters. The zero-order valence-corrected chi connectivity index (χ0v) is 16.1. The van der Waals surface area contributed by atoms with Crippen LogP contribution in [0, 0.1) is 5.82 Å². The number of piperazine rings is 1. The van der Waals surface area contributed by atoms with Gasteiger partial charge in [-0.25, -0.2) is 19.2 Å². The van der Waals surface area contributed by atoms with Crippen LogP contribution in [0.5, 0.6) is 5.75 Å². The fourth-order valence-corrected chi connectivity index (χ4v) is 2.95. The summed E-state index contributed by atoms with van der Waals surface area (Å²) in [7, 11) is 0. The van der Waals surface area contributed by atoms with Gasteiger partial charge in [0, 0.05) is 31.6 Å². The van der Waals surface area contributed by atoms with E-state index in [0.717, 1.165) is 12.4 Å². The first-order chi connectivity index (χ1) is 13.4. The molecule has 3 rings (SSSR count). The number of halogens is 4. The molecule has 29 heavy (non-hydrogen) atoms. The zero-order chi connectivity index (χ0) is 21.4. The van der Waals surface area contributed by atoms with Gasteiger partial charge in [0.05, 0.1) is 0 Å². The summed E-state index contributed by atoms with van der Waals surface area (Å²) in [6, 6.07) is 2.18. The predicted molar refractivity (Wildman–Crippen MR) is 96.2 cm³/mol. The van der Waals surface area contributed by atoms with E-state index in [9.17, 15) is 22.4 Å². The number of amides is 1. The number of benzene rings is 1. The number of carbonyl (C=O) groups excluding carboxylic acids is 1. The number of hydrogen-bond donors (Lipinski definition) is 0. The first-order valence-electron chi connectivity index (χ1n) is 8.86. The molecule has 0 aliphatic carbocycles. The van der Waals surface area contributed by atoms with Crippen LogP contribution >= 0.6 is 0 Å². The van der Waals surface area contributed by atoms with E-state index in [1.54, 1.807) is 25.7 Å². The monoisotopic (exact) mass is 416 g/mol. The number of aromatic nitrogens is 2. The highest BCUT2D eigenvalue weighted by molar-refractivity contribution is 5.90. The third-order valence-electron chi connectivity index (χ3n) is 4.15. The lowest BCUT2D eigenvalue weighted by Gasteiger charge is -2.36. The molecule has 0 saturated carbocycles. The van der Waals surface area contributed by atoms with E-state index in [-0.39, 0.29) is 10.9 Å². The van der Waals surface area contributed by atoms with Gasteiger partial charge >= 0.3 is 12.5 Å². The van der Waals surface area contributed by atoms with Crippen molar-refractivity contribution in [3.63, 3.8) is 0 Å². The summed E-state index contributed by atoms with van der Waals surface area (Å²) < 4.78 is 60.8. The Balaban J connectivity index is 1.79. The number of nitrogens with zero attached hydrogens (tertiary/aromatic N) is 4. The number of hydrogen-bond acceptors (Lipinski definition) is 6. The third kappa shape index (κ3) is 4.96. The molecule has 0 bridgehead atoms. The first-order valence-corrected chi connectivity index (χ1v) is 8.86. The molecule has 2 aromatic rings. The molecular formula is C18H20F4N4O3. The topological polar surface area (TPSA) is 67.8 Å². The SMILES string of the molecule is CC(C)(C)OC(=O)N1CCN(c2ncnc3c(F)c(OC(F)(F)F)ccc23)CC1. The summed E-state index contributed by atoms with van der Waals surface area (Å²) in [6.45, 7) is 6.84. The van der Waals surface area contributed by atoms with Crippen molar-refractivity contribution in [1.82, 2.24) is 14.9 Å². The number of fused-ring (bicyclic) bond motifs is 1. The van der Waals surface area contributed by atoms with Crippen LogP contribution < -0.4 is 9.64 Å². The molecule has 1 aromatic carbocycles. The molecule has 11 heteroatoms. The average molecular weight is 416 g/mol. The highest BCUT2D eigenvalue weighted by Gasteiger charge is 2.33. The van der Waals surface area contributed by atoms with Crippen molar-refractivity contribution in [2.24, 2.45) is 0 Å². The van der Waals surface area contributed by atoms with Crippen molar-refractivity contribution >= 4 is 22.8 Å². The number of anilines is 1. The van der Waals surface area contributed by atoms with Gasteiger partial charge in [0.25, 0.3) is 0 Å². The highest BCUT2D eigenvalue weighted by atomic mass is 19.4. The second-order valence-electron chi connectivity index (χ2n) is 7.47. The number of ether oxygens (including phenoxy) is 2. The van der Waals surface area contributed by atoms with E-state index >= 15 is 0 Å².